The molecule has 0 saturated carbocycles. The predicted octanol–water partition coefficient (Wildman–Crippen LogP) is 5.43. The first-order valence-electron chi connectivity index (χ1n) is 10.4. The van der Waals surface area contributed by atoms with E-state index in [0.717, 1.165) is 29.0 Å². The SMILES string of the molecule is Cc1ccc(OCCn2c(=N)n(CCCOc3ccc(Cl)cc3)c3ccccc32)cc1. The monoisotopic (exact) mass is 435 g/mol. The molecular weight excluding hydrogens is 410 g/mol. The largest absolute Gasteiger partial charge is 0.494 e. The number of halogens is 1. The number of nitrogens with one attached hydrogen (secondary N) is 1. The number of imidazole rings is 1. The lowest BCUT2D eigenvalue weighted by atomic mass is 10.2. The first kappa shape index (κ1) is 21.1. The highest BCUT2D eigenvalue weighted by molar-refractivity contribution is 6.30. The van der Waals surface area contributed by atoms with Gasteiger partial charge in [0.05, 0.1) is 24.2 Å². The van der Waals surface area contributed by atoms with Crippen LogP contribution in [0.4, 0.5) is 0 Å². The third kappa shape index (κ3) is 5.12. The summed E-state index contributed by atoms with van der Waals surface area (Å²) in [5.41, 5.74) is 3.77. The minimum Gasteiger partial charge on any atom is -0.494 e. The quantitative estimate of drug-likeness (QED) is 0.356. The maximum Gasteiger partial charge on any atom is 0.203 e. The van der Waals surface area contributed by atoms with Gasteiger partial charge in [-0.1, -0.05) is 41.4 Å². The molecule has 3 aromatic carbocycles. The fraction of sp³-hybridized carbons (Fsp3) is 0.240. The molecule has 4 aromatic rings. The van der Waals surface area contributed by atoms with Gasteiger partial charge in [0.2, 0.25) is 5.62 Å². The van der Waals surface area contributed by atoms with Crippen molar-refractivity contribution < 1.29 is 9.47 Å². The minimum atomic E-state index is 0.472. The van der Waals surface area contributed by atoms with E-state index in [-0.39, 0.29) is 0 Å². The maximum atomic E-state index is 8.72. The molecule has 4 rings (SSSR count). The Balaban J connectivity index is 1.41. The van der Waals surface area contributed by atoms with E-state index in [1.54, 1.807) is 0 Å². The molecule has 0 atom stereocenters. The Morgan fingerprint density at radius 3 is 1.94 bits per heavy atom. The molecule has 31 heavy (non-hydrogen) atoms. The molecule has 1 heterocycles. The predicted molar refractivity (Wildman–Crippen MR) is 124 cm³/mol. The molecule has 1 N–H and O–H groups in total. The van der Waals surface area contributed by atoms with Crippen molar-refractivity contribution in [2.24, 2.45) is 0 Å². The van der Waals surface area contributed by atoms with Gasteiger partial charge in [-0.2, -0.15) is 0 Å². The summed E-state index contributed by atoms with van der Waals surface area (Å²) in [4.78, 5) is 0. The van der Waals surface area contributed by atoms with Gasteiger partial charge in [0.1, 0.15) is 18.1 Å². The summed E-state index contributed by atoms with van der Waals surface area (Å²) in [5, 5.41) is 9.42. The Morgan fingerprint density at radius 1 is 0.742 bits per heavy atom. The molecule has 5 nitrogen and oxygen atoms in total. The van der Waals surface area contributed by atoms with Gasteiger partial charge < -0.3 is 18.6 Å². The van der Waals surface area contributed by atoms with Gasteiger partial charge in [-0.15, -0.1) is 0 Å². The van der Waals surface area contributed by atoms with Crippen LogP contribution >= 0.6 is 11.6 Å². The van der Waals surface area contributed by atoms with Crippen LogP contribution in [-0.4, -0.2) is 22.3 Å². The lowest BCUT2D eigenvalue weighted by molar-refractivity contribution is 0.292. The molecule has 0 aliphatic rings. The molecule has 0 unspecified atom stereocenters. The average Bonchev–Trinajstić information content (AvgIpc) is 3.05. The van der Waals surface area contributed by atoms with E-state index in [1.807, 2.05) is 69.8 Å². The minimum absolute atomic E-state index is 0.472. The summed E-state index contributed by atoms with van der Waals surface area (Å²) in [5.74, 6) is 1.65. The van der Waals surface area contributed by atoms with Gasteiger partial charge in [0.15, 0.2) is 0 Å². The third-order valence-corrected chi connectivity index (χ3v) is 5.44. The van der Waals surface area contributed by atoms with Crippen LogP contribution in [0.2, 0.25) is 5.02 Å². The highest BCUT2D eigenvalue weighted by atomic mass is 35.5. The second-order valence-corrected chi connectivity index (χ2v) is 7.87. The smallest absolute Gasteiger partial charge is 0.203 e. The first-order valence-corrected chi connectivity index (χ1v) is 10.8. The Hall–Kier alpha value is -3.18. The van der Waals surface area contributed by atoms with Crippen LogP contribution < -0.4 is 15.1 Å². The normalized spacial score (nSPS) is 11.0. The van der Waals surface area contributed by atoms with Crippen molar-refractivity contribution in [3.63, 3.8) is 0 Å². The Bertz CT molecular complexity index is 1190. The Labute approximate surface area is 186 Å². The van der Waals surface area contributed by atoms with Crippen molar-refractivity contribution >= 4 is 22.6 Å². The third-order valence-electron chi connectivity index (χ3n) is 5.19. The number of hydrogen-bond acceptors (Lipinski definition) is 3. The zero-order chi connectivity index (χ0) is 21.6. The summed E-state index contributed by atoms with van der Waals surface area (Å²) >= 11 is 5.91. The summed E-state index contributed by atoms with van der Waals surface area (Å²) < 4.78 is 15.7. The number of ether oxygens (including phenoxy) is 2. The van der Waals surface area contributed by atoms with Crippen molar-refractivity contribution in [3.8, 4) is 11.5 Å². The summed E-state index contributed by atoms with van der Waals surface area (Å²) in [6.45, 7) is 4.46. The van der Waals surface area contributed by atoms with Crippen molar-refractivity contribution in [2.45, 2.75) is 26.4 Å². The molecular formula is C25H26ClN3O2. The molecule has 6 heteroatoms. The zero-order valence-corrected chi connectivity index (χ0v) is 18.3. The Morgan fingerprint density at radius 2 is 1.29 bits per heavy atom. The van der Waals surface area contributed by atoms with Crippen molar-refractivity contribution in [1.29, 1.82) is 5.41 Å². The second kappa shape index (κ2) is 9.75. The number of aromatic nitrogens is 2. The number of fused-ring (bicyclic) bond motifs is 1. The van der Waals surface area contributed by atoms with E-state index in [4.69, 9.17) is 26.5 Å². The molecule has 0 amide bonds. The van der Waals surface area contributed by atoms with Crippen LogP contribution in [0.3, 0.4) is 0 Å². The van der Waals surface area contributed by atoms with E-state index in [1.165, 1.54) is 5.56 Å². The molecule has 0 fully saturated rings. The molecule has 0 bridgehead atoms. The lowest BCUT2D eigenvalue weighted by Crippen LogP contribution is -2.27. The van der Waals surface area contributed by atoms with Crippen LogP contribution in [0.15, 0.2) is 72.8 Å². The van der Waals surface area contributed by atoms with E-state index in [9.17, 15) is 0 Å². The Kier molecular flexibility index (Phi) is 6.63. The highest BCUT2D eigenvalue weighted by Crippen LogP contribution is 2.17. The van der Waals surface area contributed by atoms with Gasteiger partial charge in [-0.3, -0.25) is 5.41 Å². The number of aryl methyl sites for hydroxylation is 2. The maximum absolute atomic E-state index is 8.72. The zero-order valence-electron chi connectivity index (χ0n) is 17.6. The van der Waals surface area contributed by atoms with Gasteiger partial charge >= 0.3 is 0 Å². The standard InChI is InChI=1S/C25H26ClN3O2/c1-19-7-11-21(12-8-19)31-18-16-29-24-6-3-2-5-23(24)28(25(29)27)15-4-17-30-22-13-9-20(26)10-14-22/h2-3,5-14,27H,4,15-18H2,1H3. The average molecular weight is 436 g/mol. The molecule has 0 saturated heterocycles. The molecule has 0 aliphatic heterocycles. The molecule has 0 aliphatic carbocycles. The molecule has 1 aromatic heterocycles. The first-order chi connectivity index (χ1) is 15.1. The van der Waals surface area contributed by atoms with E-state index < -0.39 is 0 Å². The van der Waals surface area contributed by atoms with Crippen molar-refractivity contribution in [3.05, 3.63) is 89.0 Å². The topological polar surface area (TPSA) is 52.2 Å². The van der Waals surface area contributed by atoms with Crippen LogP contribution in [0, 0.1) is 12.3 Å². The summed E-state index contributed by atoms with van der Waals surface area (Å²) in [6, 6.07) is 23.5. The van der Waals surface area contributed by atoms with E-state index in [0.29, 0.717) is 36.9 Å². The van der Waals surface area contributed by atoms with Crippen molar-refractivity contribution in [1.82, 2.24) is 9.13 Å². The number of rotatable bonds is 9. The second-order valence-electron chi connectivity index (χ2n) is 7.43. The van der Waals surface area contributed by atoms with Crippen LogP contribution in [0.5, 0.6) is 11.5 Å². The molecule has 0 radical (unpaired) electrons. The van der Waals surface area contributed by atoms with Crippen molar-refractivity contribution in [2.75, 3.05) is 13.2 Å². The van der Waals surface area contributed by atoms with E-state index >= 15 is 0 Å². The fourth-order valence-electron chi connectivity index (χ4n) is 3.58. The molecule has 0 spiro atoms. The van der Waals surface area contributed by atoms with Gasteiger partial charge in [-0.05, 0) is 61.9 Å². The number of nitrogens with zero attached hydrogens (tertiary/aromatic N) is 2. The molecule has 160 valence electrons. The summed E-state index contributed by atoms with van der Waals surface area (Å²) in [7, 11) is 0. The highest BCUT2D eigenvalue weighted by Gasteiger charge is 2.10. The van der Waals surface area contributed by atoms with Crippen LogP contribution in [-0.2, 0) is 13.1 Å². The number of benzene rings is 3. The van der Waals surface area contributed by atoms with Gasteiger partial charge in [0, 0.05) is 11.6 Å². The summed E-state index contributed by atoms with van der Waals surface area (Å²) in [6.07, 6.45) is 0.799. The number of para-hydroxylation sites is 2. The van der Waals surface area contributed by atoms with Gasteiger partial charge in [-0.25, -0.2) is 0 Å². The fourth-order valence-corrected chi connectivity index (χ4v) is 3.71. The number of hydrogen-bond donors (Lipinski definition) is 1. The van der Waals surface area contributed by atoms with Crippen LogP contribution in [0.1, 0.15) is 12.0 Å². The lowest BCUT2D eigenvalue weighted by Gasteiger charge is -2.09. The van der Waals surface area contributed by atoms with E-state index in [2.05, 4.69) is 19.1 Å². The van der Waals surface area contributed by atoms with Crippen LogP contribution in [0.25, 0.3) is 11.0 Å². The van der Waals surface area contributed by atoms with Gasteiger partial charge in [0.25, 0.3) is 0 Å².